The molecule has 0 aliphatic rings. The average Bonchev–Trinajstić information content (AvgIpc) is 2.83. The zero-order valence-electron chi connectivity index (χ0n) is 11.3. The van der Waals surface area contributed by atoms with E-state index >= 15 is 0 Å². The fourth-order valence-electron chi connectivity index (χ4n) is 2.48. The van der Waals surface area contributed by atoms with E-state index in [1.807, 2.05) is 30.3 Å². The summed E-state index contributed by atoms with van der Waals surface area (Å²) in [5.74, 6) is 0.260. The van der Waals surface area contributed by atoms with Crippen LogP contribution >= 0.6 is 0 Å². The van der Waals surface area contributed by atoms with Gasteiger partial charge < -0.3 is 9.52 Å². The molecule has 2 nitrogen and oxygen atoms in total. The molecule has 0 bridgehead atoms. The Kier molecular flexibility index (Phi) is 3.03. The van der Waals surface area contributed by atoms with E-state index < -0.39 is 6.10 Å². The van der Waals surface area contributed by atoms with Gasteiger partial charge >= 0.3 is 0 Å². The average molecular weight is 254 g/mol. The van der Waals surface area contributed by atoms with Gasteiger partial charge in [-0.05, 0) is 29.7 Å². The zero-order chi connectivity index (χ0) is 13.4. The number of para-hydroxylation sites is 1. The number of fused-ring (bicyclic) bond motifs is 3. The molecule has 98 valence electrons. The summed E-state index contributed by atoms with van der Waals surface area (Å²) in [7, 11) is 0. The van der Waals surface area contributed by atoms with E-state index in [1.54, 1.807) is 0 Å². The van der Waals surface area contributed by atoms with Crippen LogP contribution in [-0.2, 0) is 0 Å². The highest BCUT2D eigenvalue weighted by molar-refractivity contribution is 6.04. The molecule has 3 aromatic rings. The largest absolute Gasteiger partial charge is 0.456 e. The lowest BCUT2D eigenvalue weighted by molar-refractivity contribution is 0.115. The summed E-state index contributed by atoms with van der Waals surface area (Å²) in [6.07, 6.45) is 0.550. The Morgan fingerprint density at radius 2 is 1.79 bits per heavy atom. The standard InChI is InChI=1S/C17H18O2/c1-3-11(2)17(18)12-8-9-16-14(10-12)13-6-4-5-7-15(13)19-16/h4-11,17-18H,3H2,1-2H3. The predicted molar refractivity (Wildman–Crippen MR) is 78.1 cm³/mol. The monoisotopic (exact) mass is 254 g/mol. The zero-order valence-corrected chi connectivity index (χ0v) is 11.3. The Morgan fingerprint density at radius 1 is 1.05 bits per heavy atom. The Bertz CT molecular complexity index is 711. The molecule has 2 atom stereocenters. The van der Waals surface area contributed by atoms with Gasteiger partial charge in [-0.15, -0.1) is 0 Å². The second kappa shape index (κ2) is 4.71. The molecule has 1 N–H and O–H groups in total. The van der Waals surface area contributed by atoms with Crippen molar-refractivity contribution in [3.63, 3.8) is 0 Å². The van der Waals surface area contributed by atoms with E-state index in [-0.39, 0.29) is 5.92 Å². The van der Waals surface area contributed by atoms with Crippen LogP contribution in [0.2, 0.25) is 0 Å². The molecule has 0 aliphatic heterocycles. The van der Waals surface area contributed by atoms with E-state index in [9.17, 15) is 5.11 Å². The summed E-state index contributed by atoms with van der Waals surface area (Å²) < 4.78 is 5.79. The van der Waals surface area contributed by atoms with E-state index in [2.05, 4.69) is 26.0 Å². The summed E-state index contributed by atoms with van der Waals surface area (Å²) in [5, 5.41) is 12.5. The minimum Gasteiger partial charge on any atom is -0.456 e. The highest BCUT2D eigenvalue weighted by Crippen LogP contribution is 2.32. The third kappa shape index (κ3) is 2.02. The van der Waals surface area contributed by atoms with Crippen molar-refractivity contribution in [1.29, 1.82) is 0 Å². The molecule has 3 rings (SSSR count). The molecule has 0 fully saturated rings. The molecular formula is C17H18O2. The third-order valence-corrected chi connectivity index (χ3v) is 3.93. The van der Waals surface area contributed by atoms with Gasteiger partial charge in [-0.1, -0.05) is 44.5 Å². The van der Waals surface area contributed by atoms with Crippen LogP contribution < -0.4 is 0 Å². The lowest BCUT2D eigenvalue weighted by Gasteiger charge is -2.17. The molecule has 2 unspecified atom stereocenters. The SMILES string of the molecule is CCC(C)C(O)c1ccc2oc3ccccc3c2c1. The van der Waals surface area contributed by atoms with Gasteiger partial charge in [0.2, 0.25) is 0 Å². The topological polar surface area (TPSA) is 33.4 Å². The van der Waals surface area contributed by atoms with Crippen molar-refractivity contribution < 1.29 is 9.52 Å². The highest BCUT2D eigenvalue weighted by Gasteiger charge is 2.16. The van der Waals surface area contributed by atoms with Crippen molar-refractivity contribution >= 4 is 21.9 Å². The van der Waals surface area contributed by atoms with Crippen molar-refractivity contribution in [1.82, 2.24) is 0 Å². The Hall–Kier alpha value is -1.80. The first-order valence-electron chi connectivity index (χ1n) is 6.80. The Balaban J connectivity index is 2.16. The molecule has 0 radical (unpaired) electrons. The molecule has 0 saturated carbocycles. The van der Waals surface area contributed by atoms with Gasteiger partial charge in [0.15, 0.2) is 0 Å². The first kappa shape index (κ1) is 12.2. The van der Waals surface area contributed by atoms with Crippen molar-refractivity contribution in [2.24, 2.45) is 5.92 Å². The first-order chi connectivity index (χ1) is 9.20. The molecule has 0 saturated heterocycles. The molecule has 0 aliphatic carbocycles. The van der Waals surface area contributed by atoms with Gasteiger partial charge in [-0.2, -0.15) is 0 Å². The summed E-state index contributed by atoms with van der Waals surface area (Å²) in [5.41, 5.74) is 2.74. The Labute approximate surface area is 112 Å². The molecule has 1 aromatic heterocycles. The van der Waals surface area contributed by atoms with Crippen LogP contribution in [0.15, 0.2) is 46.9 Å². The minimum atomic E-state index is -0.414. The number of hydrogen-bond acceptors (Lipinski definition) is 2. The lowest BCUT2D eigenvalue weighted by atomic mass is 9.94. The second-order valence-electron chi connectivity index (χ2n) is 5.18. The minimum absolute atomic E-state index is 0.260. The summed E-state index contributed by atoms with van der Waals surface area (Å²) in [6, 6.07) is 14.0. The molecule has 2 aromatic carbocycles. The smallest absolute Gasteiger partial charge is 0.135 e. The molecule has 0 spiro atoms. The fraction of sp³-hybridized carbons (Fsp3) is 0.294. The first-order valence-corrected chi connectivity index (χ1v) is 6.80. The molecule has 19 heavy (non-hydrogen) atoms. The van der Waals surface area contributed by atoms with Crippen LogP contribution in [0.1, 0.15) is 31.9 Å². The van der Waals surface area contributed by atoms with E-state index in [0.717, 1.165) is 33.9 Å². The van der Waals surface area contributed by atoms with Gasteiger partial charge in [-0.25, -0.2) is 0 Å². The quantitative estimate of drug-likeness (QED) is 0.737. The number of aliphatic hydroxyl groups excluding tert-OH is 1. The van der Waals surface area contributed by atoms with Crippen LogP contribution in [-0.4, -0.2) is 5.11 Å². The normalized spacial score (nSPS) is 14.9. The maximum atomic E-state index is 10.3. The van der Waals surface area contributed by atoms with Crippen LogP contribution in [0.3, 0.4) is 0 Å². The maximum absolute atomic E-state index is 10.3. The van der Waals surface area contributed by atoms with Crippen molar-refractivity contribution in [2.75, 3.05) is 0 Å². The molecule has 2 heteroatoms. The molecular weight excluding hydrogens is 236 g/mol. The van der Waals surface area contributed by atoms with E-state index in [4.69, 9.17) is 4.42 Å². The number of rotatable bonds is 3. The van der Waals surface area contributed by atoms with Gasteiger partial charge in [0.1, 0.15) is 11.2 Å². The third-order valence-electron chi connectivity index (χ3n) is 3.93. The van der Waals surface area contributed by atoms with Crippen molar-refractivity contribution in [3.8, 4) is 0 Å². The number of furan rings is 1. The fourth-order valence-corrected chi connectivity index (χ4v) is 2.48. The lowest BCUT2D eigenvalue weighted by Crippen LogP contribution is -2.07. The van der Waals surface area contributed by atoms with Gasteiger partial charge in [-0.3, -0.25) is 0 Å². The summed E-state index contributed by atoms with van der Waals surface area (Å²) in [4.78, 5) is 0. The molecule has 1 heterocycles. The molecule has 0 amide bonds. The van der Waals surface area contributed by atoms with Crippen LogP contribution in [0.5, 0.6) is 0 Å². The summed E-state index contributed by atoms with van der Waals surface area (Å²) in [6.45, 7) is 4.17. The maximum Gasteiger partial charge on any atom is 0.135 e. The number of aliphatic hydroxyl groups is 1. The van der Waals surface area contributed by atoms with Gasteiger partial charge in [0, 0.05) is 10.8 Å². The summed E-state index contributed by atoms with van der Waals surface area (Å²) >= 11 is 0. The number of benzene rings is 2. The van der Waals surface area contributed by atoms with Crippen LogP contribution in [0.25, 0.3) is 21.9 Å². The second-order valence-corrected chi connectivity index (χ2v) is 5.18. The number of hydrogen-bond donors (Lipinski definition) is 1. The van der Waals surface area contributed by atoms with E-state index in [1.165, 1.54) is 0 Å². The predicted octanol–water partition coefficient (Wildman–Crippen LogP) is 4.67. The van der Waals surface area contributed by atoms with Crippen LogP contribution in [0, 0.1) is 5.92 Å². The Morgan fingerprint density at radius 3 is 2.58 bits per heavy atom. The van der Waals surface area contributed by atoms with Gasteiger partial charge in [0.05, 0.1) is 6.10 Å². The van der Waals surface area contributed by atoms with Crippen molar-refractivity contribution in [3.05, 3.63) is 48.0 Å². The highest BCUT2D eigenvalue weighted by atomic mass is 16.3. The van der Waals surface area contributed by atoms with Crippen molar-refractivity contribution in [2.45, 2.75) is 26.4 Å². The van der Waals surface area contributed by atoms with Crippen LogP contribution in [0.4, 0.5) is 0 Å². The van der Waals surface area contributed by atoms with E-state index in [0.29, 0.717) is 0 Å². The van der Waals surface area contributed by atoms with Gasteiger partial charge in [0.25, 0.3) is 0 Å².